The average Bonchev–Trinajstić information content (AvgIpc) is 3.32. The van der Waals surface area contributed by atoms with E-state index in [1.807, 2.05) is 36.5 Å². The van der Waals surface area contributed by atoms with Crippen LogP contribution < -0.4 is 0 Å². The van der Waals surface area contributed by atoms with Crippen molar-refractivity contribution in [3.63, 3.8) is 0 Å². The number of aromatic nitrogens is 2. The Morgan fingerprint density at radius 1 is 1.27 bits per heavy atom. The van der Waals surface area contributed by atoms with Crippen LogP contribution in [0.15, 0.2) is 48.2 Å². The Labute approximate surface area is 187 Å². The first-order valence-electron chi connectivity index (χ1n) is 10.1. The maximum atomic E-state index is 12.5. The van der Waals surface area contributed by atoms with Gasteiger partial charge in [0.2, 0.25) is 0 Å². The number of rotatable bonds is 9. The Kier molecular flexibility index (Phi) is 7.88. The fourth-order valence-corrected chi connectivity index (χ4v) is 4.43. The Bertz CT molecular complexity index is 1040. The van der Waals surface area contributed by atoms with Crippen LogP contribution >= 0.6 is 22.9 Å². The minimum Gasteiger partial charge on any atom is -0.466 e. The van der Waals surface area contributed by atoms with Crippen LogP contribution in [0.5, 0.6) is 0 Å². The molecule has 2 heterocycles. The number of hydrogen-bond acceptors (Lipinski definition) is 4. The first-order valence-corrected chi connectivity index (χ1v) is 11.3. The fraction of sp³-hybridized carbons (Fsp3) is 0.333. The lowest BCUT2D eigenvalue weighted by molar-refractivity contribution is -0.136. The van der Waals surface area contributed by atoms with Crippen LogP contribution in [-0.2, 0) is 28.9 Å². The van der Waals surface area contributed by atoms with Crippen molar-refractivity contribution in [2.75, 3.05) is 7.11 Å². The standard InChI is InChI=1S/C24H27ClN2O2S/c1-4-5-10-23-26-15-20(27(23)16-18-8-6-7-9-22(18)25)13-19(24(28)29-3)14-21-12-11-17(2)30-21/h6-9,11-13,15H,4-5,10,14,16H2,1-3H3/b19-13+. The topological polar surface area (TPSA) is 44.1 Å². The number of methoxy groups -OCH3 is 1. The zero-order valence-electron chi connectivity index (χ0n) is 17.7. The number of ether oxygens (including phenoxy) is 1. The molecule has 30 heavy (non-hydrogen) atoms. The van der Waals surface area contributed by atoms with Crippen molar-refractivity contribution >= 4 is 35.0 Å². The van der Waals surface area contributed by atoms with Crippen LogP contribution in [0.3, 0.4) is 0 Å². The summed E-state index contributed by atoms with van der Waals surface area (Å²) in [7, 11) is 1.42. The highest BCUT2D eigenvalue weighted by Crippen LogP contribution is 2.23. The molecule has 0 aliphatic rings. The predicted molar refractivity (Wildman–Crippen MR) is 124 cm³/mol. The minimum atomic E-state index is -0.318. The molecule has 0 N–H and O–H groups in total. The van der Waals surface area contributed by atoms with E-state index in [9.17, 15) is 4.79 Å². The fourth-order valence-electron chi connectivity index (χ4n) is 3.32. The molecule has 2 aromatic heterocycles. The lowest BCUT2D eigenvalue weighted by atomic mass is 10.1. The molecule has 0 atom stereocenters. The van der Waals surface area contributed by atoms with E-state index in [0.717, 1.165) is 46.2 Å². The number of benzene rings is 1. The number of thiophene rings is 1. The molecule has 0 radical (unpaired) electrons. The first-order chi connectivity index (χ1) is 14.5. The summed E-state index contributed by atoms with van der Waals surface area (Å²) in [5, 5.41) is 0.727. The monoisotopic (exact) mass is 442 g/mol. The Morgan fingerprint density at radius 3 is 2.73 bits per heavy atom. The van der Waals surface area contributed by atoms with Crippen LogP contribution in [0.2, 0.25) is 5.02 Å². The number of aryl methyl sites for hydroxylation is 2. The molecular formula is C24H27ClN2O2S. The zero-order valence-corrected chi connectivity index (χ0v) is 19.2. The number of unbranched alkanes of at least 4 members (excludes halogenated alkanes) is 1. The Hall–Kier alpha value is -2.37. The Morgan fingerprint density at radius 2 is 2.07 bits per heavy atom. The maximum Gasteiger partial charge on any atom is 0.334 e. The smallest absolute Gasteiger partial charge is 0.334 e. The molecule has 0 spiro atoms. The largest absolute Gasteiger partial charge is 0.466 e. The van der Waals surface area contributed by atoms with Gasteiger partial charge < -0.3 is 9.30 Å². The molecule has 0 bridgehead atoms. The Balaban J connectivity index is 2.00. The molecule has 3 aromatic rings. The molecule has 0 saturated heterocycles. The van der Waals surface area contributed by atoms with Crippen LogP contribution in [0.4, 0.5) is 0 Å². The molecule has 0 saturated carbocycles. The summed E-state index contributed by atoms with van der Waals surface area (Å²) >= 11 is 8.11. The third-order valence-electron chi connectivity index (χ3n) is 4.94. The molecule has 0 fully saturated rings. The van der Waals surface area contributed by atoms with Crippen molar-refractivity contribution < 1.29 is 9.53 Å². The van der Waals surface area contributed by atoms with Gasteiger partial charge in [0.15, 0.2) is 0 Å². The molecule has 0 amide bonds. The molecular weight excluding hydrogens is 416 g/mol. The van der Waals surface area contributed by atoms with E-state index < -0.39 is 0 Å². The van der Waals surface area contributed by atoms with E-state index >= 15 is 0 Å². The predicted octanol–water partition coefficient (Wildman–Crippen LogP) is 6.10. The molecule has 6 heteroatoms. The van der Waals surface area contributed by atoms with Crippen LogP contribution in [0.25, 0.3) is 6.08 Å². The molecule has 3 rings (SSSR count). The van der Waals surface area contributed by atoms with Gasteiger partial charge in [0.25, 0.3) is 0 Å². The van der Waals surface area contributed by atoms with Gasteiger partial charge in [-0.3, -0.25) is 0 Å². The number of hydrogen-bond donors (Lipinski definition) is 0. The lowest BCUT2D eigenvalue weighted by Gasteiger charge is -2.13. The average molecular weight is 443 g/mol. The summed E-state index contributed by atoms with van der Waals surface area (Å²) in [5.41, 5.74) is 2.52. The van der Waals surface area contributed by atoms with Crippen molar-refractivity contribution in [3.05, 3.63) is 80.0 Å². The van der Waals surface area contributed by atoms with Gasteiger partial charge in [-0.05, 0) is 43.2 Å². The quantitative estimate of drug-likeness (QED) is 0.297. The SMILES string of the molecule is CCCCc1ncc(/C=C(\Cc2ccc(C)s2)C(=O)OC)n1Cc1ccccc1Cl. The van der Waals surface area contributed by atoms with Gasteiger partial charge >= 0.3 is 5.97 Å². The lowest BCUT2D eigenvalue weighted by Crippen LogP contribution is -2.10. The maximum absolute atomic E-state index is 12.5. The zero-order chi connectivity index (χ0) is 21.5. The number of halogens is 1. The van der Waals surface area contributed by atoms with Crippen LogP contribution in [0.1, 0.15) is 46.6 Å². The number of esters is 1. The summed E-state index contributed by atoms with van der Waals surface area (Å²) in [6, 6.07) is 12.0. The highest BCUT2D eigenvalue weighted by atomic mass is 35.5. The minimum absolute atomic E-state index is 0.318. The summed E-state index contributed by atoms with van der Waals surface area (Å²) in [6.07, 6.45) is 7.31. The van der Waals surface area contributed by atoms with Gasteiger partial charge in [0.05, 0.1) is 25.5 Å². The molecule has 1 aromatic carbocycles. The summed E-state index contributed by atoms with van der Waals surface area (Å²) in [4.78, 5) is 19.5. The summed E-state index contributed by atoms with van der Waals surface area (Å²) in [6.45, 7) is 4.84. The second-order valence-electron chi connectivity index (χ2n) is 7.23. The van der Waals surface area contributed by atoms with Gasteiger partial charge in [-0.15, -0.1) is 11.3 Å². The van der Waals surface area contributed by atoms with Gasteiger partial charge in [0, 0.05) is 33.2 Å². The molecule has 158 valence electrons. The van der Waals surface area contributed by atoms with Gasteiger partial charge in [-0.2, -0.15) is 0 Å². The third kappa shape index (κ3) is 5.61. The van der Waals surface area contributed by atoms with E-state index in [1.165, 1.54) is 12.0 Å². The molecule has 0 aliphatic heterocycles. The highest BCUT2D eigenvalue weighted by molar-refractivity contribution is 7.11. The van der Waals surface area contributed by atoms with Crippen molar-refractivity contribution in [1.82, 2.24) is 9.55 Å². The molecule has 4 nitrogen and oxygen atoms in total. The van der Waals surface area contributed by atoms with Crippen LogP contribution in [-0.4, -0.2) is 22.6 Å². The van der Waals surface area contributed by atoms with E-state index in [2.05, 4.69) is 35.5 Å². The van der Waals surface area contributed by atoms with Crippen molar-refractivity contribution in [3.8, 4) is 0 Å². The second-order valence-corrected chi connectivity index (χ2v) is 9.01. The van der Waals surface area contributed by atoms with Crippen LogP contribution in [0, 0.1) is 6.92 Å². The van der Waals surface area contributed by atoms with Gasteiger partial charge in [-0.25, -0.2) is 9.78 Å². The highest BCUT2D eigenvalue weighted by Gasteiger charge is 2.16. The van der Waals surface area contributed by atoms with E-state index in [-0.39, 0.29) is 5.97 Å². The molecule has 0 unspecified atom stereocenters. The third-order valence-corrected chi connectivity index (χ3v) is 6.31. The van der Waals surface area contributed by atoms with Crippen molar-refractivity contribution in [2.24, 2.45) is 0 Å². The summed E-state index contributed by atoms with van der Waals surface area (Å²) in [5.74, 6) is 0.681. The van der Waals surface area contributed by atoms with Gasteiger partial charge in [0.1, 0.15) is 5.82 Å². The first kappa shape index (κ1) is 22.3. The molecule has 0 aliphatic carbocycles. The van der Waals surface area contributed by atoms with E-state index in [1.54, 1.807) is 11.3 Å². The number of carbonyl (C=O) groups excluding carboxylic acids is 1. The second kappa shape index (κ2) is 10.6. The summed E-state index contributed by atoms with van der Waals surface area (Å²) < 4.78 is 7.21. The van der Waals surface area contributed by atoms with Crippen molar-refractivity contribution in [1.29, 1.82) is 0 Å². The number of imidazole rings is 1. The van der Waals surface area contributed by atoms with E-state index in [4.69, 9.17) is 16.3 Å². The normalized spacial score (nSPS) is 11.7. The van der Waals surface area contributed by atoms with Crippen molar-refractivity contribution in [2.45, 2.75) is 46.1 Å². The van der Waals surface area contributed by atoms with Gasteiger partial charge in [-0.1, -0.05) is 43.1 Å². The number of nitrogens with zero attached hydrogens (tertiary/aromatic N) is 2. The van der Waals surface area contributed by atoms with E-state index in [0.29, 0.717) is 18.5 Å². The number of carbonyl (C=O) groups is 1.